The van der Waals surface area contributed by atoms with Gasteiger partial charge in [-0.25, -0.2) is 0 Å². The van der Waals surface area contributed by atoms with Gasteiger partial charge >= 0.3 is 0 Å². The maximum Gasteiger partial charge on any atom is 0.252 e. The molecule has 7 heteroatoms. The Morgan fingerprint density at radius 3 is 0.899 bits per heavy atom. The molecule has 0 saturated heterocycles. The van der Waals surface area contributed by atoms with Crippen LogP contribution in [0.3, 0.4) is 0 Å². The van der Waals surface area contributed by atoms with E-state index in [1.54, 1.807) is 0 Å². The van der Waals surface area contributed by atoms with Gasteiger partial charge < -0.3 is 28.1 Å². The quantitative estimate of drug-likeness (QED) is 0.142. The normalized spacial score (nSPS) is 13.1. The molecule has 4 aromatic heterocycles. The third kappa shape index (κ3) is 9.88. The Balaban J connectivity index is 0.963. The fraction of sp³-hybridized carbons (Fsp3) is 0.118. The van der Waals surface area contributed by atoms with Gasteiger partial charge in [0.05, 0.1) is 55.5 Å². The highest BCUT2D eigenvalue weighted by Crippen LogP contribution is 2.54. The predicted molar refractivity (Wildman–Crippen MR) is 465 cm³/mol. The van der Waals surface area contributed by atoms with Crippen LogP contribution in [0.15, 0.2) is 328 Å². The van der Waals surface area contributed by atoms with Gasteiger partial charge in [0.1, 0.15) is 0 Å². The van der Waals surface area contributed by atoms with Crippen LogP contribution in [-0.2, 0) is 16.2 Å². The molecule has 6 heterocycles. The highest BCUT2D eigenvalue weighted by atomic mass is 15.2. The Morgan fingerprint density at radius 1 is 0.211 bits per heavy atom. The molecule has 21 rings (SSSR count). The Bertz CT molecular complexity index is 6460. The highest BCUT2D eigenvalue weighted by molar-refractivity contribution is 7.00. The summed E-state index contributed by atoms with van der Waals surface area (Å²) in [6, 6.07) is 125. The van der Waals surface area contributed by atoms with Crippen LogP contribution in [-0.4, -0.2) is 25.0 Å². The zero-order chi connectivity index (χ0) is 73.5. The monoisotopic (exact) mass is 1400 g/mol. The summed E-state index contributed by atoms with van der Waals surface area (Å²) in [6.45, 7) is 21.0. The van der Waals surface area contributed by atoms with Crippen LogP contribution in [0.25, 0.3) is 132 Å². The third-order valence-electron chi connectivity index (χ3n) is 23.7. The number of nitrogens with zero attached hydrogens (tertiary/aromatic N) is 6. The number of fused-ring (bicyclic) bond motifs is 16. The zero-order valence-corrected chi connectivity index (χ0v) is 62.9. The van der Waals surface area contributed by atoms with E-state index in [0.29, 0.717) is 0 Å². The molecule has 0 amide bonds. The Morgan fingerprint density at radius 2 is 0.541 bits per heavy atom. The molecule has 0 aliphatic carbocycles. The highest BCUT2D eigenvalue weighted by Gasteiger charge is 2.46. The van der Waals surface area contributed by atoms with Crippen LogP contribution in [0.5, 0.6) is 0 Å². The molecular formula is C102H81BN6. The van der Waals surface area contributed by atoms with Crippen LogP contribution in [0.2, 0.25) is 0 Å². The molecule has 0 saturated carbocycles. The SMILES string of the molecule is CC(C)(C)c1cc2c3c(c1)N(c1cc(-c4ccccc4)cc4c5cc(C(C)(C)C)ccc5n(-c5ccccc5)c14)c1cc(-n4c5ccccc5c5ccccc54)ccc1B3c1ccc(-n3c4ccccc4c4ccccc43)cc1N2c1cc(-c2ccccc2)cc2c3cc(C(C)(C)C)ccc3n(-c3ccccc3)c12. The molecule has 19 aromatic rings. The first-order valence-electron chi connectivity index (χ1n) is 38.5. The first-order valence-corrected chi connectivity index (χ1v) is 38.5. The van der Waals surface area contributed by atoms with Gasteiger partial charge in [0.15, 0.2) is 0 Å². The molecule has 0 atom stereocenters. The summed E-state index contributed by atoms with van der Waals surface area (Å²) in [7, 11) is 0. The summed E-state index contributed by atoms with van der Waals surface area (Å²) in [5.41, 5.74) is 31.8. The van der Waals surface area contributed by atoms with E-state index in [-0.39, 0.29) is 23.0 Å². The summed E-state index contributed by atoms with van der Waals surface area (Å²) in [5, 5.41) is 9.72. The van der Waals surface area contributed by atoms with E-state index in [9.17, 15) is 0 Å². The van der Waals surface area contributed by atoms with Gasteiger partial charge in [0, 0.05) is 88.6 Å². The number of hydrogen-bond donors (Lipinski definition) is 0. The van der Waals surface area contributed by atoms with Gasteiger partial charge in [-0.1, -0.05) is 256 Å². The standard InChI is InChI=1S/C102H81BN6/c1-100(2,3)68-46-52-89-79(58-68)81-54-66(64-30-14-10-15-31-64)56-95(98(81)106(89)71-34-18-12-19-35-71)108-91-62-73(104-85-42-26-22-38-75(85)76-39-23-27-43-86(76)104)48-50-83(91)103-84-51-49-74(105-87-44-28-24-40-77(87)78-41-25-29-45-88(78)105)63-92(84)109(94-61-70(102(7,8)9)60-93(108)97(94)103)96-57-67(65-32-16-11-17-33-65)55-82-80-59-69(101(4,5)6)47-53-90(80)107(99(82)96)72-36-20-13-21-37-72/h10-63H,1-9H3. The minimum Gasteiger partial charge on any atom is -0.309 e. The van der Waals surface area contributed by atoms with Gasteiger partial charge in [-0.15, -0.1) is 0 Å². The molecule has 2 aliphatic heterocycles. The number of anilines is 6. The second-order valence-electron chi connectivity index (χ2n) is 33.3. The van der Waals surface area contributed by atoms with Crippen molar-refractivity contribution in [3.63, 3.8) is 0 Å². The van der Waals surface area contributed by atoms with Crippen molar-refractivity contribution in [2.45, 2.75) is 78.6 Å². The van der Waals surface area contributed by atoms with Crippen molar-refractivity contribution in [2.24, 2.45) is 0 Å². The zero-order valence-electron chi connectivity index (χ0n) is 62.9. The van der Waals surface area contributed by atoms with E-state index in [1.165, 1.54) is 98.2 Å². The van der Waals surface area contributed by atoms with Crippen LogP contribution >= 0.6 is 0 Å². The van der Waals surface area contributed by atoms with Gasteiger partial charge in [-0.2, -0.15) is 0 Å². The van der Waals surface area contributed by atoms with Crippen LogP contribution < -0.4 is 26.2 Å². The second-order valence-corrected chi connectivity index (χ2v) is 33.3. The average Bonchev–Trinajstić information content (AvgIpc) is 1.66. The third-order valence-corrected chi connectivity index (χ3v) is 23.7. The van der Waals surface area contributed by atoms with Crippen molar-refractivity contribution in [1.82, 2.24) is 18.3 Å². The van der Waals surface area contributed by atoms with E-state index in [0.717, 1.165) is 101 Å². The average molecular weight is 1400 g/mol. The summed E-state index contributed by atoms with van der Waals surface area (Å²) in [6.07, 6.45) is 0. The fourth-order valence-corrected chi connectivity index (χ4v) is 18.4. The van der Waals surface area contributed by atoms with Crippen LogP contribution in [0, 0.1) is 0 Å². The second kappa shape index (κ2) is 23.8. The molecule has 2 aliphatic rings. The topological polar surface area (TPSA) is 26.2 Å². The van der Waals surface area contributed by atoms with E-state index in [2.05, 4.69) is 418 Å². The van der Waals surface area contributed by atoms with Crippen molar-refractivity contribution in [2.75, 3.05) is 9.80 Å². The number of para-hydroxylation sites is 6. The molecule has 0 spiro atoms. The molecule has 0 N–H and O–H groups in total. The van der Waals surface area contributed by atoms with Crippen molar-refractivity contribution >= 4 is 144 Å². The molecule has 0 bridgehead atoms. The minimum absolute atomic E-state index is 0.116. The van der Waals surface area contributed by atoms with Crippen LogP contribution in [0.4, 0.5) is 34.1 Å². The van der Waals surface area contributed by atoms with Gasteiger partial charge in [-0.05, 0) is 205 Å². The minimum atomic E-state index is -0.360. The lowest BCUT2D eigenvalue weighted by molar-refractivity contribution is 0.590. The number of benzene rings is 15. The molecule has 109 heavy (non-hydrogen) atoms. The van der Waals surface area contributed by atoms with E-state index in [4.69, 9.17) is 0 Å². The smallest absolute Gasteiger partial charge is 0.252 e. The lowest BCUT2D eigenvalue weighted by atomic mass is 9.33. The lowest BCUT2D eigenvalue weighted by Gasteiger charge is -2.45. The van der Waals surface area contributed by atoms with Crippen LogP contribution in [0.1, 0.15) is 79.0 Å². The lowest BCUT2D eigenvalue weighted by Crippen LogP contribution is -2.61. The summed E-state index contributed by atoms with van der Waals surface area (Å²) >= 11 is 0. The van der Waals surface area contributed by atoms with Gasteiger partial charge in [0.25, 0.3) is 6.71 Å². The maximum absolute atomic E-state index is 2.73. The Hall–Kier alpha value is -12.8. The van der Waals surface area contributed by atoms with Crippen molar-refractivity contribution in [3.8, 4) is 45.0 Å². The fourth-order valence-electron chi connectivity index (χ4n) is 18.4. The van der Waals surface area contributed by atoms with Gasteiger partial charge in [0.2, 0.25) is 0 Å². The molecule has 6 nitrogen and oxygen atoms in total. The summed E-state index contributed by atoms with van der Waals surface area (Å²) in [5.74, 6) is 0. The molecular weight excluding hydrogens is 1320 g/mol. The molecule has 0 unspecified atom stereocenters. The summed E-state index contributed by atoms with van der Waals surface area (Å²) < 4.78 is 10.2. The predicted octanol–water partition coefficient (Wildman–Crippen LogP) is 25.4. The van der Waals surface area contributed by atoms with E-state index < -0.39 is 0 Å². The molecule has 0 radical (unpaired) electrons. The molecule has 15 aromatic carbocycles. The summed E-state index contributed by atoms with van der Waals surface area (Å²) in [4.78, 5) is 5.46. The number of aromatic nitrogens is 4. The Kier molecular flexibility index (Phi) is 14.1. The van der Waals surface area contributed by atoms with Crippen molar-refractivity contribution < 1.29 is 0 Å². The number of hydrogen-bond acceptors (Lipinski definition) is 2. The van der Waals surface area contributed by atoms with E-state index in [1.807, 2.05) is 0 Å². The number of rotatable bonds is 8. The van der Waals surface area contributed by atoms with Gasteiger partial charge in [-0.3, -0.25) is 0 Å². The van der Waals surface area contributed by atoms with E-state index >= 15 is 0 Å². The van der Waals surface area contributed by atoms with Crippen molar-refractivity contribution in [1.29, 1.82) is 0 Å². The Labute approximate surface area is 636 Å². The molecule has 0 fully saturated rings. The molecule has 522 valence electrons. The largest absolute Gasteiger partial charge is 0.309 e. The van der Waals surface area contributed by atoms with Crippen molar-refractivity contribution in [3.05, 3.63) is 344 Å². The maximum atomic E-state index is 2.73. The first-order chi connectivity index (χ1) is 53.0. The first kappa shape index (κ1) is 64.5.